The Balaban J connectivity index is 2.17. The second kappa shape index (κ2) is 7.26. The maximum absolute atomic E-state index is 12.2. The first-order valence-corrected chi connectivity index (χ1v) is 7.72. The zero-order valence-corrected chi connectivity index (χ0v) is 13.6. The molecule has 1 amide bonds. The molecule has 0 aromatic heterocycles. The van der Waals surface area contributed by atoms with Crippen molar-refractivity contribution in [2.45, 2.75) is 27.2 Å². The molecule has 0 aliphatic carbocycles. The molecule has 1 fully saturated rings. The molecule has 1 saturated heterocycles. The molecule has 1 aromatic carbocycles. The molecular formula is C17H21NO5. The summed E-state index contributed by atoms with van der Waals surface area (Å²) in [5.41, 5.74) is 1.94. The number of esters is 2. The number of carbonyl (C=O) groups excluding carboxylic acids is 3. The highest BCUT2D eigenvalue weighted by atomic mass is 16.5. The topological polar surface area (TPSA) is 72.9 Å². The van der Waals surface area contributed by atoms with Gasteiger partial charge in [0.1, 0.15) is 0 Å². The summed E-state index contributed by atoms with van der Waals surface area (Å²) in [5, 5.41) is 0. The van der Waals surface area contributed by atoms with Crippen LogP contribution in [0, 0.1) is 12.8 Å². The molecule has 23 heavy (non-hydrogen) atoms. The molecule has 2 rings (SSSR count). The van der Waals surface area contributed by atoms with Crippen LogP contribution in [0.15, 0.2) is 18.2 Å². The molecule has 0 unspecified atom stereocenters. The third-order valence-corrected chi connectivity index (χ3v) is 3.74. The third kappa shape index (κ3) is 3.70. The van der Waals surface area contributed by atoms with Gasteiger partial charge in [-0.05, 0) is 44.5 Å². The number of carbonyl (C=O) groups is 3. The Morgan fingerprint density at radius 1 is 1.22 bits per heavy atom. The van der Waals surface area contributed by atoms with Gasteiger partial charge in [0.15, 0.2) is 0 Å². The SMILES string of the molecule is CCOC(=O)c1ccc(N2C[C@@H](C(=O)OCC)CC2=O)c(C)c1. The Labute approximate surface area is 135 Å². The quantitative estimate of drug-likeness (QED) is 0.777. The second-order valence-electron chi connectivity index (χ2n) is 5.38. The summed E-state index contributed by atoms with van der Waals surface area (Å²) in [6.45, 7) is 6.23. The average Bonchev–Trinajstić information content (AvgIpc) is 2.89. The molecule has 1 heterocycles. The molecule has 0 spiro atoms. The second-order valence-corrected chi connectivity index (χ2v) is 5.38. The summed E-state index contributed by atoms with van der Waals surface area (Å²) in [6.07, 6.45) is 0.151. The molecule has 1 aliphatic rings. The minimum atomic E-state index is -0.438. The number of rotatable bonds is 5. The van der Waals surface area contributed by atoms with E-state index in [1.807, 2.05) is 6.92 Å². The molecule has 0 saturated carbocycles. The van der Waals surface area contributed by atoms with E-state index in [0.29, 0.717) is 31.0 Å². The fraction of sp³-hybridized carbons (Fsp3) is 0.471. The first-order chi connectivity index (χ1) is 11.0. The largest absolute Gasteiger partial charge is 0.466 e. The van der Waals surface area contributed by atoms with Crippen molar-refractivity contribution in [3.63, 3.8) is 0 Å². The molecule has 1 atom stereocenters. The van der Waals surface area contributed by atoms with E-state index in [-0.39, 0.29) is 24.3 Å². The van der Waals surface area contributed by atoms with Crippen molar-refractivity contribution in [1.82, 2.24) is 0 Å². The van der Waals surface area contributed by atoms with Crippen molar-refractivity contribution in [1.29, 1.82) is 0 Å². The lowest BCUT2D eigenvalue weighted by Gasteiger charge is -2.19. The molecule has 6 heteroatoms. The van der Waals surface area contributed by atoms with E-state index in [9.17, 15) is 14.4 Å². The van der Waals surface area contributed by atoms with Crippen LogP contribution in [0.2, 0.25) is 0 Å². The summed E-state index contributed by atoms with van der Waals surface area (Å²) in [6, 6.07) is 5.04. The van der Waals surface area contributed by atoms with Gasteiger partial charge in [-0.25, -0.2) is 4.79 Å². The van der Waals surface area contributed by atoms with Crippen molar-refractivity contribution in [2.75, 3.05) is 24.7 Å². The average molecular weight is 319 g/mol. The van der Waals surface area contributed by atoms with E-state index in [4.69, 9.17) is 9.47 Å². The van der Waals surface area contributed by atoms with Crippen LogP contribution in [0.4, 0.5) is 5.69 Å². The maximum Gasteiger partial charge on any atom is 0.338 e. The van der Waals surface area contributed by atoms with E-state index >= 15 is 0 Å². The van der Waals surface area contributed by atoms with Gasteiger partial charge >= 0.3 is 11.9 Å². The van der Waals surface area contributed by atoms with Gasteiger partial charge < -0.3 is 14.4 Å². The van der Waals surface area contributed by atoms with Gasteiger partial charge in [0.05, 0.1) is 24.7 Å². The maximum atomic E-state index is 12.2. The van der Waals surface area contributed by atoms with Crippen molar-refractivity contribution in [3.8, 4) is 0 Å². The summed E-state index contributed by atoms with van der Waals surface area (Å²) >= 11 is 0. The number of hydrogen-bond acceptors (Lipinski definition) is 5. The fourth-order valence-electron chi connectivity index (χ4n) is 2.66. The number of nitrogens with zero attached hydrogens (tertiary/aromatic N) is 1. The minimum absolute atomic E-state index is 0.116. The molecule has 1 aliphatic heterocycles. The minimum Gasteiger partial charge on any atom is -0.466 e. The van der Waals surface area contributed by atoms with Gasteiger partial charge in [0.25, 0.3) is 0 Å². The van der Waals surface area contributed by atoms with Gasteiger partial charge in [-0.1, -0.05) is 0 Å². The summed E-state index contributed by atoms with van der Waals surface area (Å²) < 4.78 is 9.95. The summed E-state index contributed by atoms with van der Waals surface area (Å²) in [7, 11) is 0. The van der Waals surface area contributed by atoms with Gasteiger partial charge in [0, 0.05) is 18.7 Å². The lowest BCUT2D eigenvalue weighted by molar-refractivity contribution is -0.147. The molecule has 6 nitrogen and oxygen atoms in total. The Morgan fingerprint density at radius 2 is 1.91 bits per heavy atom. The molecule has 0 bridgehead atoms. The smallest absolute Gasteiger partial charge is 0.338 e. The highest BCUT2D eigenvalue weighted by Crippen LogP contribution is 2.29. The van der Waals surface area contributed by atoms with Crippen LogP contribution >= 0.6 is 0 Å². The summed E-state index contributed by atoms with van der Waals surface area (Å²) in [4.78, 5) is 37.3. The summed E-state index contributed by atoms with van der Waals surface area (Å²) in [5.74, 6) is -1.29. The van der Waals surface area contributed by atoms with Crippen LogP contribution in [-0.2, 0) is 19.1 Å². The fourth-order valence-corrected chi connectivity index (χ4v) is 2.66. The first-order valence-electron chi connectivity index (χ1n) is 7.72. The first kappa shape index (κ1) is 17.0. The van der Waals surface area contributed by atoms with E-state index in [1.54, 1.807) is 36.9 Å². The number of aryl methyl sites for hydroxylation is 1. The van der Waals surface area contributed by atoms with Crippen LogP contribution in [0.1, 0.15) is 36.2 Å². The number of ether oxygens (including phenoxy) is 2. The van der Waals surface area contributed by atoms with Crippen molar-refractivity contribution in [2.24, 2.45) is 5.92 Å². The Hall–Kier alpha value is -2.37. The predicted octanol–water partition coefficient (Wildman–Crippen LogP) is 2.09. The third-order valence-electron chi connectivity index (χ3n) is 3.74. The van der Waals surface area contributed by atoms with E-state index < -0.39 is 5.92 Å². The van der Waals surface area contributed by atoms with Crippen LogP contribution in [0.5, 0.6) is 0 Å². The number of amides is 1. The number of hydrogen-bond donors (Lipinski definition) is 0. The van der Waals surface area contributed by atoms with Crippen LogP contribution in [0.3, 0.4) is 0 Å². The lowest BCUT2D eigenvalue weighted by atomic mass is 10.1. The predicted molar refractivity (Wildman–Crippen MR) is 84.2 cm³/mol. The van der Waals surface area contributed by atoms with Crippen LogP contribution in [0.25, 0.3) is 0 Å². The van der Waals surface area contributed by atoms with Crippen molar-refractivity contribution < 1.29 is 23.9 Å². The Bertz CT molecular complexity index is 625. The van der Waals surface area contributed by atoms with Gasteiger partial charge in [0.2, 0.25) is 5.91 Å². The number of benzene rings is 1. The highest BCUT2D eigenvalue weighted by molar-refractivity contribution is 6.00. The molecule has 0 radical (unpaired) electrons. The molecule has 0 N–H and O–H groups in total. The number of anilines is 1. The molecule has 1 aromatic rings. The molecular weight excluding hydrogens is 298 g/mol. The van der Waals surface area contributed by atoms with E-state index in [0.717, 1.165) is 5.56 Å². The van der Waals surface area contributed by atoms with Crippen LogP contribution in [-0.4, -0.2) is 37.6 Å². The van der Waals surface area contributed by atoms with E-state index in [2.05, 4.69) is 0 Å². The van der Waals surface area contributed by atoms with Gasteiger partial charge in [-0.2, -0.15) is 0 Å². The van der Waals surface area contributed by atoms with Crippen molar-refractivity contribution >= 4 is 23.5 Å². The van der Waals surface area contributed by atoms with E-state index in [1.165, 1.54) is 0 Å². The zero-order valence-electron chi connectivity index (χ0n) is 13.6. The Kier molecular flexibility index (Phi) is 5.36. The van der Waals surface area contributed by atoms with Gasteiger partial charge in [-0.15, -0.1) is 0 Å². The van der Waals surface area contributed by atoms with Crippen molar-refractivity contribution in [3.05, 3.63) is 29.3 Å². The normalized spacial score (nSPS) is 17.3. The Morgan fingerprint density at radius 3 is 2.52 bits per heavy atom. The van der Waals surface area contributed by atoms with Crippen LogP contribution < -0.4 is 4.90 Å². The zero-order chi connectivity index (χ0) is 17.0. The standard InChI is InChI=1S/C17H21NO5/c1-4-22-16(20)12-6-7-14(11(3)8-12)18-10-13(9-15(18)19)17(21)23-5-2/h6-8,13H,4-5,9-10H2,1-3H3/t13-/m0/s1. The molecule has 124 valence electrons. The highest BCUT2D eigenvalue weighted by Gasteiger charge is 2.36. The van der Waals surface area contributed by atoms with Gasteiger partial charge in [-0.3, -0.25) is 9.59 Å². The lowest BCUT2D eigenvalue weighted by Crippen LogP contribution is -2.27. The monoisotopic (exact) mass is 319 g/mol.